The maximum atomic E-state index is 14.1. The summed E-state index contributed by atoms with van der Waals surface area (Å²) in [6, 6.07) is 1.55. The summed E-state index contributed by atoms with van der Waals surface area (Å²) in [5.41, 5.74) is -0.767. The highest BCUT2D eigenvalue weighted by atomic mass is 32.2. The summed E-state index contributed by atoms with van der Waals surface area (Å²) in [7, 11) is -3.86. The highest BCUT2D eigenvalue weighted by Gasteiger charge is 2.62. The lowest BCUT2D eigenvalue weighted by Crippen LogP contribution is -2.58. The van der Waals surface area contributed by atoms with Gasteiger partial charge < -0.3 is 25.1 Å². The summed E-state index contributed by atoms with van der Waals surface area (Å²) >= 11 is 0. The second-order valence-corrected chi connectivity index (χ2v) is 15.1. The van der Waals surface area contributed by atoms with Gasteiger partial charge in [-0.1, -0.05) is 36.2 Å². The number of nitrogens with zero attached hydrogens (tertiary/aromatic N) is 3. The summed E-state index contributed by atoms with van der Waals surface area (Å²) in [4.78, 5) is 65.6. The fourth-order valence-electron chi connectivity index (χ4n) is 6.28. The molecular formula is C32H42N6O8S. The van der Waals surface area contributed by atoms with Gasteiger partial charge in [-0.05, 0) is 63.9 Å². The number of nitrogens with one attached hydrogen (secondary N) is 3. The number of ether oxygens (including phenoxy) is 1. The van der Waals surface area contributed by atoms with Crippen LogP contribution in [0.2, 0.25) is 0 Å². The van der Waals surface area contributed by atoms with Crippen molar-refractivity contribution in [1.82, 2.24) is 25.2 Å². The molecule has 1 saturated heterocycles. The van der Waals surface area contributed by atoms with E-state index in [4.69, 9.17) is 9.57 Å². The molecule has 5 aliphatic rings. The lowest BCUT2D eigenvalue weighted by Gasteiger charge is -2.30. The first-order valence-electron chi connectivity index (χ1n) is 16.6. The number of alkyl carbamates (subject to hydrolysis) is 1. The number of sulfonamides is 1. The molecule has 5 atom stereocenters. The van der Waals surface area contributed by atoms with Crippen LogP contribution in [-0.4, -0.2) is 90.0 Å². The Morgan fingerprint density at radius 2 is 1.91 bits per heavy atom. The number of pyridine rings is 1. The zero-order valence-electron chi connectivity index (χ0n) is 26.2. The molecule has 1 aromatic heterocycles. The van der Waals surface area contributed by atoms with Crippen molar-refractivity contribution >= 4 is 40.1 Å². The predicted octanol–water partition coefficient (Wildman–Crippen LogP) is 2.05. The van der Waals surface area contributed by atoms with Crippen molar-refractivity contribution < 1.29 is 37.2 Å². The third-order valence-corrected chi connectivity index (χ3v) is 11.4. The first kappa shape index (κ1) is 32.9. The van der Waals surface area contributed by atoms with Gasteiger partial charge in [0.15, 0.2) is 0 Å². The highest BCUT2D eigenvalue weighted by molar-refractivity contribution is 7.91. The Labute approximate surface area is 274 Å². The molecule has 47 heavy (non-hydrogen) atoms. The zero-order chi connectivity index (χ0) is 33.0. The number of hydrogen-bond acceptors (Lipinski definition) is 10. The molecule has 0 bridgehead atoms. The summed E-state index contributed by atoms with van der Waals surface area (Å²) in [5.74, 6) is -2.25. The van der Waals surface area contributed by atoms with E-state index in [-0.39, 0.29) is 25.5 Å². The minimum Gasteiger partial charge on any atom is -0.446 e. The van der Waals surface area contributed by atoms with E-state index < -0.39 is 68.7 Å². The van der Waals surface area contributed by atoms with Crippen LogP contribution in [0, 0.1) is 5.92 Å². The summed E-state index contributed by atoms with van der Waals surface area (Å²) < 4.78 is 33.0. The molecule has 0 radical (unpaired) electrons. The standard InChI is InChI=1S/C32H42N6O8S/c39-28-27-16-24(46-34-19-21-8-7-15-33-18-21)20-38(27)29(40)26(35-31(42)45-23-10-6-11-23)12-5-3-1-2-4-9-22-17-32(22,36-28)30(41)37-47(43,44)25-13-14-25/h4,7-9,15,18-19,22-27H,1-3,5-6,10-14,16-17,20H2,(H,35,42)(H,36,39)(H,37,41)/b9-4-,34-19+/t22-,24-,26+,27+,32+/m1/s1. The number of carbonyl (C=O) groups excluding carboxylic acids is 4. The Bertz CT molecular complexity index is 1510. The van der Waals surface area contributed by atoms with Crippen LogP contribution in [0.3, 0.4) is 0 Å². The van der Waals surface area contributed by atoms with E-state index in [2.05, 4.69) is 25.5 Å². The van der Waals surface area contributed by atoms with Gasteiger partial charge in [0, 0.05) is 30.3 Å². The highest BCUT2D eigenvalue weighted by Crippen LogP contribution is 2.46. The summed E-state index contributed by atoms with van der Waals surface area (Å²) in [5, 5.41) is 9.03. The van der Waals surface area contributed by atoms with Crippen LogP contribution in [0.25, 0.3) is 0 Å². The number of fused-ring (bicyclic) bond motifs is 2. The van der Waals surface area contributed by atoms with Crippen molar-refractivity contribution in [3.8, 4) is 0 Å². The molecule has 254 valence electrons. The van der Waals surface area contributed by atoms with Gasteiger partial charge >= 0.3 is 6.09 Å². The molecule has 3 heterocycles. The van der Waals surface area contributed by atoms with Crippen LogP contribution >= 0.6 is 0 Å². The van der Waals surface area contributed by atoms with Crippen LogP contribution < -0.4 is 15.4 Å². The van der Waals surface area contributed by atoms with E-state index in [1.54, 1.807) is 24.5 Å². The fraction of sp³-hybridized carbons (Fsp3) is 0.625. The molecular weight excluding hydrogens is 628 g/mol. The molecule has 1 aromatic rings. The van der Waals surface area contributed by atoms with Crippen molar-refractivity contribution in [2.45, 2.75) is 112 Å². The molecule has 3 N–H and O–H groups in total. The van der Waals surface area contributed by atoms with E-state index in [1.165, 1.54) is 11.1 Å². The third-order valence-electron chi connectivity index (χ3n) is 9.56. The number of carbonyl (C=O) groups is 4. The van der Waals surface area contributed by atoms with Crippen LogP contribution in [-0.2, 0) is 34.0 Å². The van der Waals surface area contributed by atoms with Crippen LogP contribution in [0.5, 0.6) is 0 Å². The van der Waals surface area contributed by atoms with Crippen molar-refractivity contribution in [2.75, 3.05) is 6.54 Å². The molecule has 15 heteroatoms. The molecule has 2 aliphatic heterocycles. The lowest BCUT2D eigenvalue weighted by molar-refractivity contribution is -0.141. The molecule has 0 unspecified atom stereocenters. The average molecular weight is 671 g/mol. The number of aromatic nitrogens is 1. The van der Waals surface area contributed by atoms with Gasteiger partial charge in [0.1, 0.15) is 29.8 Å². The summed E-state index contributed by atoms with van der Waals surface area (Å²) in [6.07, 6.45) is 14.2. The number of rotatable bonds is 8. The zero-order valence-corrected chi connectivity index (χ0v) is 27.0. The summed E-state index contributed by atoms with van der Waals surface area (Å²) in [6.45, 7) is 0.00966. The van der Waals surface area contributed by atoms with E-state index >= 15 is 0 Å². The SMILES string of the molecule is O=C(N[C@H]1CCCCC/C=C\[C@@H]2C[C@]2(C(=O)NS(=O)(=O)C2CC2)NC(=O)[C@@H]2C[C@@H](O/N=C/c3cccnc3)CN2C1=O)OC1CCC1. The normalized spacial score (nSPS) is 30.9. The third kappa shape index (κ3) is 7.94. The molecule has 14 nitrogen and oxygen atoms in total. The fourth-order valence-corrected chi connectivity index (χ4v) is 7.65. The minimum atomic E-state index is -3.86. The van der Waals surface area contributed by atoms with E-state index in [1.807, 2.05) is 12.2 Å². The Morgan fingerprint density at radius 1 is 1.09 bits per heavy atom. The van der Waals surface area contributed by atoms with Gasteiger partial charge in [-0.3, -0.25) is 24.1 Å². The Morgan fingerprint density at radius 3 is 2.64 bits per heavy atom. The van der Waals surface area contributed by atoms with Gasteiger partial charge in [-0.15, -0.1) is 0 Å². The molecule has 6 rings (SSSR count). The van der Waals surface area contributed by atoms with Crippen molar-refractivity contribution in [3.63, 3.8) is 0 Å². The molecule has 0 spiro atoms. The van der Waals surface area contributed by atoms with Crippen LogP contribution in [0.4, 0.5) is 4.79 Å². The second kappa shape index (κ2) is 14.0. The smallest absolute Gasteiger partial charge is 0.408 e. The average Bonchev–Trinajstić information content (AvgIpc) is 3.95. The van der Waals surface area contributed by atoms with Gasteiger partial charge in [0.25, 0.3) is 5.91 Å². The van der Waals surface area contributed by atoms with Gasteiger partial charge in [-0.2, -0.15) is 0 Å². The topological polar surface area (TPSA) is 185 Å². The van der Waals surface area contributed by atoms with Gasteiger partial charge in [-0.25, -0.2) is 13.2 Å². The molecule has 3 saturated carbocycles. The second-order valence-electron chi connectivity index (χ2n) is 13.2. The number of oxime groups is 1. The van der Waals surface area contributed by atoms with Crippen molar-refractivity contribution in [2.24, 2.45) is 11.1 Å². The molecule has 0 aromatic carbocycles. The van der Waals surface area contributed by atoms with Gasteiger partial charge in [0.05, 0.1) is 18.0 Å². The molecule has 3 aliphatic carbocycles. The minimum absolute atomic E-state index is 0.00966. The molecule has 4 amide bonds. The van der Waals surface area contributed by atoms with Gasteiger partial charge in [0.2, 0.25) is 21.8 Å². The number of hydrogen-bond donors (Lipinski definition) is 3. The Kier molecular flexibility index (Phi) is 9.80. The Hall–Kier alpha value is -4.01. The maximum Gasteiger partial charge on any atom is 0.408 e. The predicted molar refractivity (Wildman–Crippen MR) is 169 cm³/mol. The monoisotopic (exact) mass is 670 g/mol. The maximum absolute atomic E-state index is 14.1. The molecule has 4 fully saturated rings. The Balaban J connectivity index is 1.24. The van der Waals surface area contributed by atoms with E-state index in [0.717, 1.165) is 32.1 Å². The lowest BCUT2D eigenvalue weighted by atomic mass is 9.96. The number of allylic oxidation sites excluding steroid dienone is 1. The quantitative estimate of drug-likeness (QED) is 0.212. The van der Waals surface area contributed by atoms with Crippen molar-refractivity contribution in [1.29, 1.82) is 0 Å². The first-order chi connectivity index (χ1) is 22.6. The van der Waals surface area contributed by atoms with Crippen LogP contribution in [0.15, 0.2) is 41.8 Å². The first-order valence-corrected chi connectivity index (χ1v) is 18.1. The van der Waals surface area contributed by atoms with E-state index in [0.29, 0.717) is 37.7 Å². The van der Waals surface area contributed by atoms with E-state index in [9.17, 15) is 27.6 Å². The van der Waals surface area contributed by atoms with Crippen molar-refractivity contribution in [3.05, 3.63) is 42.2 Å². The number of amides is 4. The largest absolute Gasteiger partial charge is 0.446 e. The van der Waals surface area contributed by atoms with Crippen LogP contribution in [0.1, 0.15) is 82.6 Å².